The van der Waals surface area contributed by atoms with Crippen LogP contribution < -0.4 is 5.32 Å². The Labute approximate surface area is 125 Å². The molecule has 0 bridgehead atoms. The van der Waals surface area contributed by atoms with E-state index in [1.54, 1.807) is 0 Å². The number of carbonyl (C=O) groups is 1. The van der Waals surface area contributed by atoms with E-state index in [0.717, 1.165) is 13.0 Å². The number of rotatable bonds is 8. The van der Waals surface area contributed by atoms with Gasteiger partial charge >= 0.3 is 5.97 Å². The van der Waals surface area contributed by atoms with Crippen LogP contribution in [0.5, 0.6) is 0 Å². The third kappa shape index (κ3) is 5.04. The van der Waals surface area contributed by atoms with Crippen LogP contribution in [0.2, 0.25) is 0 Å². The number of unbranched alkanes of at least 4 members (excludes halogenated alkanes) is 1. The monoisotopic (exact) mass is 283 g/mol. The van der Waals surface area contributed by atoms with Gasteiger partial charge in [-0.25, -0.2) is 0 Å². The highest BCUT2D eigenvalue weighted by atomic mass is 16.4. The Morgan fingerprint density at radius 2 is 1.43 bits per heavy atom. The van der Waals surface area contributed by atoms with Gasteiger partial charge in [0.05, 0.1) is 6.04 Å². The summed E-state index contributed by atoms with van der Waals surface area (Å²) < 4.78 is 0. The predicted molar refractivity (Wildman–Crippen MR) is 84.2 cm³/mol. The Morgan fingerprint density at radius 3 is 1.90 bits per heavy atom. The van der Waals surface area contributed by atoms with Gasteiger partial charge in [0.15, 0.2) is 0 Å². The highest BCUT2D eigenvalue weighted by Gasteiger charge is 2.12. The fraction of sp³-hybridized carbons (Fsp3) is 0.278. The van der Waals surface area contributed by atoms with Gasteiger partial charge in [0.25, 0.3) is 0 Å². The van der Waals surface area contributed by atoms with Gasteiger partial charge in [-0.15, -0.1) is 0 Å². The van der Waals surface area contributed by atoms with Gasteiger partial charge in [-0.1, -0.05) is 60.7 Å². The van der Waals surface area contributed by atoms with Crippen molar-refractivity contribution in [2.45, 2.75) is 25.3 Å². The van der Waals surface area contributed by atoms with Gasteiger partial charge < -0.3 is 10.4 Å². The molecule has 110 valence electrons. The van der Waals surface area contributed by atoms with E-state index in [9.17, 15) is 4.79 Å². The SMILES string of the molecule is O=C(O)CCCCNC(c1ccccc1)c1ccccc1. The molecule has 0 fully saturated rings. The second-order valence-electron chi connectivity index (χ2n) is 5.06. The van der Waals surface area contributed by atoms with E-state index in [4.69, 9.17) is 5.11 Å². The molecule has 0 aliphatic rings. The summed E-state index contributed by atoms with van der Waals surface area (Å²) in [6.45, 7) is 0.807. The lowest BCUT2D eigenvalue weighted by Gasteiger charge is -2.19. The van der Waals surface area contributed by atoms with Crippen molar-refractivity contribution in [1.82, 2.24) is 5.32 Å². The lowest BCUT2D eigenvalue weighted by atomic mass is 9.98. The molecule has 0 amide bonds. The molecule has 0 atom stereocenters. The molecule has 2 aromatic rings. The van der Waals surface area contributed by atoms with E-state index < -0.39 is 5.97 Å². The van der Waals surface area contributed by atoms with Gasteiger partial charge in [-0.2, -0.15) is 0 Å². The molecule has 0 heterocycles. The van der Waals surface area contributed by atoms with Crippen molar-refractivity contribution in [3.05, 3.63) is 71.8 Å². The number of hydrogen-bond acceptors (Lipinski definition) is 2. The summed E-state index contributed by atoms with van der Waals surface area (Å²) in [5.74, 6) is -0.724. The molecule has 0 aliphatic heterocycles. The van der Waals surface area contributed by atoms with Gasteiger partial charge in [-0.3, -0.25) is 4.79 Å². The van der Waals surface area contributed by atoms with E-state index in [2.05, 4.69) is 29.6 Å². The molecule has 0 radical (unpaired) electrons. The Balaban J connectivity index is 1.99. The van der Waals surface area contributed by atoms with Gasteiger partial charge in [-0.05, 0) is 30.5 Å². The van der Waals surface area contributed by atoms with Gasteiger partial charge in [0.1, 0.15) is 0 Å². The van der Waals surface area contributed by atoms with Crippen LogP contribution in [0.25, 0.3) is 0 Å². The highest BCUT2D eigenvalue weighted by Crippen LogP contribution is 2.21. The number of aliphatic carboxylic acids is 1. The topological polar surface area (TPSA) is 49.3 Å². The minimum Gasteiger partial charge on any atom is -0.481 e. The van der Waals surface area contributed by atoms with Crippen LogP contribution in [0.15, 0.2) is 60.7 Å². The summed E-state index contributed by atoms with van der Waals surface area (Å²) in [6.07, 6.45) is 1.81. The molecule has 3 nitrogen and oxygen atoms in total. The Kier molecular flexibility index (Phi) is 5.98. The Hall–Kier alpha value is -2.13. The number of benzene rings is 2. The summed E-state index contributed by atoms with van der Waals surface area (Å²) in [5.41, 5.74) is 2.45. The van der Waals surface area contributed by atoms with Crippen LogP contribution in [0.3, 0.4) is 0 Å². The number of nitrogens with one attached hydrogen (secondary N) is 1. The van der Waals surface area contributed by atoms with Crippen LogP contribution in [-0.4, -0.2) is 17.6 Å². The van der Waals surface area contributed by atoms with E-state index in [0.29, 0.717) is 6.42 Å². The summed E-state index contributed by atoms with van der Waals surface area (Å²) in [7, 11) is 0. The van der Waals surface area contributed by atoms with Crippen molar-refractivity contribution in [2.75, 3.05) is 6.54 Å². The van der Waals surface area contributed by atoms with Crippen molar-refractivity contribution >= 4 is 5.97 Å². The van der Waals surface area contributed by atoms with Crippen molar-refractivity contribution in [1.29, 1.82) is 0 Å². The average Bonchev–Trinajstić information content (AvgIpc) is 2.52. The average molecular weight is 283 g/mol. The number of carboxylic acid groups (broad SMARTS) is 1. The predicted octanol–water partition coefficient (Wildman–Crippen LogP) is 3.62. The van der Waals surface area contributed by atoms with Gasteiger partial charge in [0.2, 0.25) is 0 Å². The first-order valence-corrected chi connectivity index (χ1v) is 7.32. The van der Waals surface area contributed by atoms with E-state index in [1.807, 2.05) is 36.4 Å². The summed E-state index contributed by atoms with van der Waals surface area (Å²) in [4.78, 5) is 10.5. The molecular formula is C18H21NO2. The van der Waals surface area contributed by atoms with Crippen molar-refractivity contribution in [3.63, 3.8) is 0 Å². The molecule has 0 aromatic heterocycles. The van der Waals surface area contributed by atoms with Crippen molar-refractivity contribution < 1.29 is 9.90 Å². The molecule has 3 heteroatoms. The third-order valence-electron chi connectivity index (χ3n) is 3.43. The normalized spacial score (nSPS) is 10.7. The van der Waals surface area contributed by atoms with Crippen LogP contribution in [0.4, 0.5) is 0 Å². The van der Waals surface area contributed by atoms with Gasteiger partial charge in [0, 0.05) is 6.42 Å². The lowest BCUT2D eigenvalue weighted by molar-refractivity contribution is -0.137. The third-order valence-corrected chi connectivity index (χ3v) is 3.43. The molecule has 21 heavy (non-hydrogen) atoms. The van der Waals surface area contributed by atoms with E-state index >= 15 is 0 Å². The lowest BCUT2D eigenvalue weighted by Crippen LogP contribution is -2.23. The first-order chi connectivity index (χ1) is 10.3. The maximum Gasteiger partial charge on any atom is 0.303 e. The molecule has 0 saturated carbocycles. The molecule has 2 aromatic carbocycles. The van der Waals surface area contributed by atoms with Crippen molar-refractivity contribution in [2.24, 2.45) is 0 Å². The second-order valence-corrected chi connectivity index (χ2v) is 5.06. The molecule has 0 saturated heterocycles. The van der Waals surface area contributed by atoms with E-state index in [1.165, 1.54) is 11.1 Å². The number of hydrogen-bond donors (Lipinski definition) is 2. The quantitative estimate of drug-likeness (QED) is 0.727. The molecule has 2 rings (SSSR count). The molecule has 0 unspecified atom stereocenters. The zero-order chi connectivity index (χ0) is 14.9. The Bertz CT molecular complexity index is 500. The summed E-state index contributed by atoms with van der Waals surface area (Å²) >= 11 is 0. The van der Waals surface area contributed by atoms with Crippen molar-refractivity contribution in [3.8, 4) is 0 Å². The van der Waals surface area contributed by atoms with Crippen LogP contribution in [0.1, 0.15) is 36.4 Å². The van der Waals surface area contributed by atoms with Crippen LogP contribution in [-0.2, 0) is 4.79 Å². The highest BCUT2D eigenvalue weighted by molar-refractivity contribution is 5.66. The molecular weight excluding hydrogens is 262 g/mol. The Morgan fingerprint density at radius 1 is 0.905 bits per heavy atom. The minimum absolute atomic E-state index is 0.150. The maximum absolute atomic E-state index is 10.5. The first-order valence-electron chi connectivity index (χ1n) is 7.32. The largest absolute Gasteiger partial charge is 0.481 e. The van der Waals surface area contributed by atoms with Crippen LogP contribution >= 0.6 is 0 Å². The summed E-state index contributed by atoms with van der Waals surface area (Å²) in [6, 6.07) is 20.8. The molecule has 0 aliphatic carbocycles. The fourth-order valence-electron chi connectivity index (χ4n) is 2.37. The second kappa shape index (κ2) is 8.22. The van der Waals surface area contributed by atoms with Crippen LogP contribution in [0, 0.1) is 0 Å². The first kappa shape index (κ1) is 15.3. The fourth-order valence-corrected chi connectivity index (χ4v) is 2.37. The zero-order valence-electron chi connectivity index (χ0n) is 12.0. The van der Waals surface area contributed by atoms with E-state index in [-0.39, 0.29) is 12.5 Å². The summed E-state index contributed by atoms with van der Waals surface area (Å²) in [5, 5.41) is 12.2. The smallest absolute Gasteiger partial charge is 0.303 e. The number of carboxylic acids is 1. The zero-order valence-corrected chi connectivity index (χ0v) is 12.0. The molecule has 2 N–H and O–H groups in total. The minimum atomic E-state index is -0.724. The molecule has 0 spiro atoms. The maximum atomic E-state index is 10.5. The standard InChI is InChI=1S/C18H21NO2/c20-17(21)13-7-8-14-19-18(15-9-3-1-4-10-15)16-11-5-2-6-12-16/h1-6,9-12,18-19H,7-8,13-14H2,(H,20,21).